The van der Waals surface area contributed by atoms with Crippen molar-refractivity contribution in [3.05, 3.63) is 46.5 Å². The van der Waals surface area contributed by atoms with E-state index in [4.69, 9.17) is 4.42 Å². The number of rotatable bonds is 6. The molecule has 0 aromatic carbocycles. The molecule has 3 rings (SSSR count). The molecular weight excluding hydrogens is 300 g/mol. The summed E-state index contributed by atoms with van der Waals surface area (Å²) in [5.74, 6) is 0.458. The summed E-state index contributed by atoms with van der Waals surface area (Å²) in [5.41, 5.74) is 0. The molecular formula is C16H18N2O3S. The number of amides is 2. The summed E-state index contributed by atoms with van der Waals surface area (Å²) in [6, 6.07) is 7.69. The molecule has 1 N–H and O–H groups in total. The average molecular weight is 318 g/mol. The fraction of sp³-hybridized carbons (Fsp3) is 0.375. The molecule has 6 heteroatoms. The lowest BCUT2D eigenvalue weighted by molar-refractivity contribution is -0.129. The molecule has 0 saturated carbocycles. The van der Waals surface area contributed by atoms with Crippen molar-refractivity contribution in [3.63, 3.8) is 0 Å². The Morgan fingerprint density at radius 3 is 3.05 bits per heavy atom. The highest BCUT2D eigenvalue weighted by atomic mass is 32.1. The van der Waals surface area contributed by atoms with Gasteiger partial charge in [-0.25, -0.2) is 0 Å². The lowest BCUT2D eigenvalue weighted by atomic mass is 10.1. The minimum Gasteiger partial charge on any atom is -0.467 e. The Balaban J connectivity index is 1.46. The molecule has 5 nitrogen and oxygen atoms in total. The third-order valence-electron chi connectivity index (χ3n) is 3.76. The van der Waals surface area contributed by atoms with E-state index in [2.05, 4.69) is 11.4 Å². The van der Waals surface area contributed by atoms with Crippen molar-refractivity contribution >= 4 is 23.2 Å². The van der Waals surface area contributed by atoms with Gasteiger partial charge in [-0.1, -0.05) is 6.07 Å². The Morgan fingerprint density at radius 1 is 1.41 bits per heavy atom. The van der Waals surface area contributed by atoms with Gasteiger partial charge in [-0.15, -0.1) is 11.3 Å². The van der Waals surface area contributed by atoms with Crippen LogP contribution in [0.1, 0.15) is 17.1 Å². The van der Waals surface area contributed by atoms with Crippen LogP contribution in [0.2, 0.25) is 0 Å². The first-order valence-corrected chi connectivity index (χ1v) is 8.20. The molecule has 3 heterocycles. The first-order valence-electron chi connectivity index (χ1n) is 7.32. The van der Waals surface area contributed by atoms with Crippen LogP contribution in [0.3, 0.4) is 0 Å². The van der Waals surface area contributed by atoms with Crippen LogP contribution in [0.25, 0.3) is 0 Å². The van der Waals surface area contributed by atoms with Gasteiger partial charge in [0.15, 0.2) is 0 Å². The van der Waals surface area contributed by atoms with Crippen molar-refractivity contribution in [1.82, 2.24) is 10.2 Å². The van der Waals surface area contributed by atoms with Gasteiger partial charge in [0.25, 0.3) is 0 Å². The Kier molecular flexibility index (Phi) is 4.58. The third-order valence-corrected chi connectivity index (χ3v) is 4.70. The molecule has 116 valence electrons. The van der Waals surface area contributed by atoms with E-state index in [-0.39, 0.29) is 24.2 Å². The number of carbonyl (C=O) groups excluding carboxylic acids is 2. The Bertz CT molecular complexity index is 622. The summed E-state index contributed by atoms with van der Waals surface area (Å²) in [5, 5.41) is 4.96. The molecule has 2 amide bonds. The van der Waals surface area contributed by atoms with Crippen LogP contribution in [0.4, 0.5) is 0 Å². The van der Waals surface area contributed by atoms with Crippen LogP contribution in [0.5, 0.6) is 0 Å². The van der Waals surface area contributed by atoms with E-state index < -0.39 is 0 Å². The number of carbonyl (C=O) groups is 2. The van der Waals surface area contributed by atoms with Gasteiger partial charge in [0.2, 0.25) is 11.8 Å². The van der Waals surface area contributed by atoms with Crippen molar-refractivity contribution in [1.29, 1.82) is 0 Å². The van der Waals surface area contributed by atoms with Crippen LogP contribution in [-0.2, 0) is 22.6 Å². The summed E-state index contributed by atoms with van der Waals surface area (Å²) in [7, 11) is 0. The van der Waals surface area contributed by atoms with Gasteiger partial charge in [0.05, 0.1) is 18.7 Å². The Morgan fingerprint density at radius 2 is 2.32 bits per heavy atom. The van der Waals surface area contributed by atoms with Crippen molar-refractivity contribution in [2.24, 2.45) is 5.92 Å². The number of hydrogen-bond acceptors (Lipinski definition) is 4. The molecule has 1 aliphatic rings. The zero-order valence-corrected chi connectivity index (χ0v) is 13.0. The van der Waals surface area contributed by atoms with E-state index in [9.17, 15) is 9.59 Å². The smallest absolute Gasteiger partial charge is 0.225 e. The van der Waals surface area contributed by atoms with Crippen LogP contribution in [0.15, 0.2) is 40.3 Å². The van der Waals surface area contributed by atoms with E-state index in [0.717, 1.165) is 12.2 Å². The number of likely N-dealkylation sites (tertiary alicyclic amines) is 1. The summed E-state index contributed by atoms with van der Waals surface area (Å²) in [6.07, 6.45) is 2.70. The molecule has 1 atom stereocenters. The summed E-state index contributed by atoms with van der Waals surface area (Å²) in [6.45, 7) is 1.51. The van der Waals surface area contributed by atoms with Gasteiger partial charge in [-0.2, -0.15) is 0 Å². The average Bonchev–Trinajstić information content (AvgIpc) is 3.23. The number of nitrogens with zero attached hydrogens (tertiary/aromatic N) is 1. The fourth-order valence-corrected chi connectivity index (χ4v) is 3.31. The molecule has 1 aliphatic heterocycles. The second kappa shape index (κ2) is 6.79. The topological polar surface area (TPSA) is 62.6 Å². The molecule has 0 radical (unpaired) electrons. The molecule has 2 aromatic heterocycles. The van der Waals surface area contributed by atoms with Gasteiger partial charge in [0.1, 0.15) is 5.76 Å². The normalized spacial score (nSPS) is 17.9. The van der Waals surface area contributed by atoms with Gasteiger partial charge in [-0.05, 0) is 30.0 Å². The lowest BCUT2D eigenvalue weighted by Crippen LogP contribution is -2.33. The minimum absolute atomic E-state index is 0.00908. The molecule has 1 unspecified atom stereocenters. The second-order valence-corrected chi connectivity index (χ2v) is 6.41. The number of nitrogens with one attached hydrogen (secondary N) is 1. The maximum absolute atomic E-state index is 12.2. The van der Waals surface area contributed by atoms with Crippen molar-refractivity contribution in [3.8, 4) is 0 Å². The van der Waals surface area contributed by atoms with Gasteiger partial charge in [-0.3, -0.25) is 9.59 Å². The first-order chi connectivity index (χ1) is 10.7. The van der Waals surface area contributed by atoms with Crippen LogP contribution in [0, 0.1) is 5.92 Å². The fourth-order valence-electron chi connectivity index (χ4n) is 2.60. The number of furan rings is 1. The first kappa shape index (κ1) is 14.8. The van der Waals surface area contributed by atoms with Crippen molar-refractivity contribution in [2.45, 2.75) is 19.4 Å². The van der Waals surface area contributed by atoms with Crippen LogP contribution < -0.4 is 5.32 Å². The monoisotopic (exact) mass is 318 g/mol. The predicted molar refractivity (Wildman–Crippen MR) is 83.3 cm³/mol. The summed E-state index contributed by atoms with van der Waals surface area (Å²) < 4.78 is 5.25. The van der Waals surface area contributed by atoms with Crippen molar-refractivity contribution < 1.29 is 14.0 Å². The second-order valence-electron chi connectivity index (χ2n) is 5.38. The van der Waals surface area contributed by atoms with E-state index in [1.807, 2.05) is 17.5 Å². The minimum atomic E-state index is -0.259. The summed E-state index contributed by atoms with van der Waals surface area (Å²) in [4.78, 5) is 27.1. The molecule has 1 saturated heterocycles. The van der Waals surface area contributed by atoms with Crippen molar-refractivity contribution in [2.75, 3.05) is 13.1 Å². The predicted octanol–water partition coefficient (Wildman–Crippen LogP) is 2.05. The molecule has 2 aromatic rings. The highest BCUT2D eigenvalue weighted by Crippen LogP contribution is 2.20. The van der Waals surface area contributed by atoms with E-state index in [1.165, 1.54) is 4.88 Å². The third kappa shape index (κ3) is 3.57. The quantitative estimate of drug-likeness (QED) is 0.886. The number of thiophene rings is 1. The maximum Gasteiger partial charge on any atom is 0.225 e. The van der Waals surface area contributed by atoms with E-state index in [1.54, 1.807) is 28.6 Å². The van der Waals surface area contributed by atoms with Gasteiger partial charge >= 0.3 is 0 Å². The Hall–Kier alpha value is -2.08. The zero-order chi connectivity index (χ0) is 15.4. The lowest BCUT2D eigenvalue weighted by Gasteiger charge is -2.15. The van der Waals surface area contributed by atoms with E-state index in [0.29, 0.717) is 19.6 Å². The zero-order valence-electron chi connectivity index (χ0n) is 12.2. The molecule has 0 spiro atoms. The van der Waals surface area contributed by atoms with Gasteiger partial charge < -0.3 is 14.6 Å². The standard InChI is InChI=1S/C16H18N2O3S/c19-15-9-12(10-18(15)11-13-3-1-7-21-13)16(20)17-6-5-14-4-2-8-22-14/h1-4,7-8,12H,5-6,9-11H2,(H,17,20). The molecule has 22 heavy (non-hydrogen) atoms. The highest BCUT2D eigenvalue weighted by molar-refractivity contribution is 7.09. The highest BCUT2D eigenvalue weighted by Gasteiger charge is 2.34. The molecule has 1 fully saturated rings. The van der Waals surface area contributed by atoms with E-state index >= 15 is 0 Å². The van der Waals surface area contributed by atoms with Gasteiger partial charge in [0, 0.05) is 24.4 Å². The number of hydrogen-bond donors (Lipinski definition) is 1. The summed E-state index contributed by atoms with van der Waals surface area (Å²) >= 11 is 1.69. The van der Waals surface area contributed by atoms with Crippen LogP contribution >= 0.6 is 11.3 Å². The SMILES string of the molecule is O=C(NCCc1cccs1)C1CC(=O)N(Cc2ccco2)C1. The largest absolute Gasteiger partial charge is 0.467 e. The van der Waals surface area contributed by atoms with Crippen LogP contribution in [-0.4, -0.2) is 29.8 Å². The molecule has 0 aliphatic carbocycles. The maximum atomic E-state index is 12.2. The Labute approximate surface area is 132 Å². The molecule has 0 bridgehead atoms.